The lowest BCUT2D eigenvalue weighted by Crippen LogP contribution is -2.36. The molecule has 9 heteroatoms. The molecule has 0 spiro atoms. The molecule has 21 heavy (non-hydrogen) atoms. The standard InChI is InChI=1S/C12H17NO6S2/c1-3-9(8-12(14)15)13-21(18,19)11-6-4-10(5-7-11)20(2,16)17/h4-7,9,13H,3,8H2,1-2H3,(H,14,15). The van der Waals surface area contributed by atoms with Crippen molar-refractivity contribution < 1.29 is 26.7 Å². The predicted molar refractivity (Wildman–Crippen MR) is 76.2 cm³/mol. The van der Waals surface area contributed by atoms with Crippen LogP contribution in [0.3, 0.4) is 0 Å². The van der Waals surface area contributed by atoms with E-state index in [0.29, 0.717) is 6.42 Å². The highest BCUT2D eigenvalue weighted by Gasteiger charge is 2.21. The highest BCUT2D eigenvalue weighted by atomic mass is 32.2. The lowest BCUT2D eigenvalue weighted by molar-refractivity contribution is -0.137. The molecule has 1 aromatic rings. The molecule has 0 saturated heterocycles. The first-order chi connectivity index (χ1) is 9.56. The zero-order valence-corrected chi connectivity index (χ0v) is 13.2. The number of hydrogen-bond donors (Lipinski definition) is 2. The summed E-state index contributed by atoms with van der Waals surface area (Å²) in [6.07, 6.45) is 1.03. The molecule has 0 saturated carbocycles. The summed E-state index contributed by atoms with van der Waals surface area (Å²) >= 11 is 0. The van der Waals surface area contributed by atoms with E-state index in [9.17, 15) is 21.6 Å². The third-order valence-electron chi connectivity index (χ3n) is 2.80. The minimum Gasteiger partial charge on any atom is -0.481 e. The molecule has 0 aromatic heterocycles. The van der Waals surface area contributed by atoms with E-state index < -0.39 is 31.9 Å². The zero-order chi connectivity index (χ0) is 16.3. The molecule has 0 heterocycles. The summed E-state index contributed by atoms with van der Waals surface area (Å²) in [5, 5.41) is 8.71. The fourth-order valence-electron chi connectivity index (χ4n) is 1.63. The number of carbonyl (C=O) groups is 1. The summed E-state index contributed by atoms with van der Waals surface area (Å²) in [6, 6.07) is 4.02. The maximum atomic E-state index is 12.1. The Morgan fingerprint density at radius 3 is 2.00 bits per heavy atom. The van der Waals surface area contributed by atoms with Crippen LogP contribution in [0.4, 0.5) is 0 Å². The van der Waals surface area contributed by atoms with E-state index >= 15 is 0 Å². The molecule has 0 radical (unpaired) electrons. The SMILES string of the molecule is CCC(CC(=O)O)NS(=O)(=O)c1ccc(S(C)(=O)=O)cc1. The number of benzene rings is 1. The second kappa shape index (κ2) is 6.54. The van der Waals surface area contributed by atoms with Gasteiger partial charge in [-0.2, -0.15) is 0 Å². The Kier molecular flexibility index (Phi) is 5.48. The molecule has 1 unspecified atom stereocenters. The molecule has 0 aliphatic heterocycles. The molecule has 118 valence electrons. The van der Waals surface area contributed by atoms with E-state index in [1.54, 1.807) is 6.92 Å². The van der Waals surface area contributed by atoms with E-state index in [1.165, 1.54) is 24.3 Å². The number of hydrogen-bond acceptors (Lipinski definition) is 5. The molecular formula is C12H17NO6S2. The quantitative estimate of drug-likeness (QED) is 0.754. The lowest BCUT2D eigenvalue weighted by Gasteiger charge is -2.15. The van der Waals surface area contributed by atoms with Crippen LogP contribution < -0.4 is 4.72 Å². The van der Waals surface area contributed by atoms with Crippen molar-refractivity contribution in [2.45, 2.75) is 35.6 Å². The minimum absolute atomic E-state index is 0.0130. The van der Waals surface area contributed by atoms with Crippen molar-refractivity contribution >= 4 is 25.8 Å². The molecular weight excluding hydrogens is 318 g/mol. The van der Waals surface area contributed by atoms with Gasteiger partial charge in [0.25, 0.3) is 0 Å². The van der Waals surface area contributed by atoms with Crippen molar-refractivity contribution in [3.63, 3.8) is 0 Å². The molecule has 1 atom stereocenters. The molecule has 0 bridgehead atoms. The van der Waals surface area contributed by atoms with Crippen molar-refractivity contribution in [1.82, 2.24) is 4.72 Å². The average molecular weight is 335 g/mol. The van der Waals surface area contributed by atoms with Gasteiger partial charge in [0.05, 0.1) is 16.2 Å². The molecule has 1 rings (SSSR count). The van der Waals surface area contributed by atoms with E-state index in [1.807, 2.05) is 0 Å². The highest BCUT2D eigenvalue weighted by Crippen LogP contribution is 2.15. The van der Waals surface area contributed by atoms with Crippen molar-refractivity contribution in [2.75, 3.05) is 6.26 Å². The monoisotopic (exact) mass is 335 g/mol. The van der Waals surface area contributed by atoms with Crippen LogP contribution in [0.15, 0.2) is 34.1 Å². The Balaban J connectivity index is 3.00. The smallest absolute Gasteiger partial charge is 0.304 e. The van der Waals surface area contributed by atoms with Crippen LogP contribution in [-0.4, -0.2) is 40.2 Å². The summed E-state index contributed by atoms with van der Waals surface area (Å²) in [4.78, 5) is 10.5. The first kappa shape index (κ1) is 17.6. The zero-order valence-electron chi connectivity index (χ0n) is 11.6. The number of sulfonamides is 1. The average Bonchev–Trinajstić information content (AvgIpc) is 2.36. The van der Waals surface area contributed by atoms with Crippen LogP contribution in [0.25, 0.3) is 0 Å². The summed E-state index contributed by atoms with van der Waals surface area (Å²) in [7, 11) is -7.29. The van der Waals surface area contributed by atoms with Crippen molar-refractivity contribution in [1.29, 1.82) is 0 Å². The van der Waals surface area contributed by atoms with Crippen LogP contribution in [0.1, 0.15) is 19.8 Å². The fraction of sp³-hybridized carbons (Fsp3) is 0.417. The summed E-state index contributed by atoms with van der Waals surface area (Å²) in [5.74, 6) is -1.10. The maximum Gasteiger partial charge on any atom is 0.304 e. The first-order valence-electron chi connectivity index (χ1n) is 6.10. The summed E-state index contributed by atoms with van der Waals surface area (Å²) in [6.45, 7) is 1.67. The maximum absolute atomic E-state index is 12.1. The van der Waals surface area contributed by atoms with Crippen molar-refractivity contribution in [3.8, 4) is 0 Å². The number of nitrogens with one attached hydrogen (secondary N) is 1. The van der Waals surface area contributed by atoms with Gasteiger partial charge >= 0.3 is 5.97 Å². The van der Waals surface area contributed by atoms with Gasteiger partial charge in [-0.3, -0.25) is 4.79 Å². The topological polar surface area (TPSA) is 118 Å². The van der Waals surface area contributed by atoms with Crippen LogP contribution >= 0.6 is 0 Å². The van der Waals surface area contributed by atoms with Crippen LogP contribution in [0.2, 0.25) is 0 Å². The molecule has 0 fully saturated rings. The Bertz CT molecular complexity index is 707. The number of rotatable bonds is 7. The molecule has 1 aromatic carbocycles. The number of sulfone groups is 1. The van der Waals surface area contributed by atoms with Crippen LogP contribution in [0.5, 0.6) is 0 Å². The largest absolute Gasteiger partial charge is 0.481 e. The van der Waals surface area contributed by atoms with Crippen LogP contribution in [-0.2, 0) is 24.7 Å². The second-order valence-electron chi connectivity index (χ2n) is 4.57. The van der Waals surface area contributed by atoms with Gasteiger partial charge in [-0.05, 0) is 30.7 Å². The molecule has 7 nitrogen and oxygen atoms in total. The van der Waals surface area contributed by atoms with E-state index in [2.05, 4.69) is 4.72 Å². The van der Waals surface area contributed by atoms with Gasteiger partial charge in [0.15, 0.2) is 9.84 Å². The number of carboxylic acids is 1. The minimum atomic E-state index is -3.89. The first-order valence-corrected chi connectivity index (χ1v) is 9.48. The van der Waals surface area contributed by atoms with Gasteiger partial charge in [0, 0.05) is 12.3 Å². The Morgan fingerprint density at radius 1 is 1.14 bits per heavy atom. The van der Waals surface area contributed by atoms with E-state index in [4.69, 9.17) is 5.11 Å². The van der Waals surface area contributed by atoms with Gasteiger partial charge < -0.3 is 5.11 Å². The third kappa shape index (κ3) is 5.10. The van der Waals surface area contributed by atoms with Gasteiger partial charge in [-0.25, -0.2) is 21.6 Å². The number of aliphatic carboxylic acids is 1. The highest BCUT2D eigenvalue weighted by molar-refractivity contribution is 7.90. The Labute approximate surface area is 124 Å². The Morgan fingerprint density at radius 2 is 1.62 bits per heavy atom. The molecule has 0 aliphatic rings. The second-order valence-corrected chi connectivity index (χ2v) is 8.30. The van der Waals surface area contributed by atoms with Gasteiger partial charge in [0.2, 0.25) is 10.0 Å². The molecule has 0 aliphatic carbocycles. The Hall–Kier alpha value is -1.45. The van der Waals surface area contributed by atoms with Gasteiger partial charge in [-0.1, -0.05) is 6.92 Å². The van der Waals surface area contributed by atoms with Gasteiger partial charge in [-0.15, -0.1) is 0 Å². The van der Waals surface area contributed by atoms with E-state index in [0.717, 1.165) is 6.26 Å². The normalized spacial score (nSPS) is 13.8. The third-order valence-corrected chi connectivity index (χ3v) is 5.46. The summed E-state index contributed by atoms with van der Waals surface area (Å²) < 4.78 is 49.1. The molecule has 2 N–H and O–H groups in total. The number of carboxylic acid groups (broad SMARTS) is 1. The van der Waals surface area contributed by atoms with E-state index in [-0.39, 0.29) is 16.2 Å². The van der Waals surface area contributed by atoms with Gasteiger partial charge in [0.1, 0.15) is 0 Å². The van der Waals surface area contributed by atoms with Crippen molar-refractivity contribution in [3.05, 3.63) is 24.3 Å². The van der Waals surface area contributed by atoms with Crippen LogP contribution in [0, 0.1) is 0 Å². The molecule has 0 amide bonds. The van der Waals surface area contributed by atoms with Crippen molar-refractivity contribution in [2.24, 2.45) is 0 Å². The fourth-order valence-corrected chi connectivity index (χ4v) is 3.58. The summed E-state index contributed by atoms with van der Waals surface area (Å²) in [5.41, 5.74) is 0. The predicted octanol–water partition coefficient (Wildman–Crippen LogP) is 0.622. The lowest BCUT2D eigenvalue weighted by atomic mass is 10.2.